The van der Waals surface area contributed by atoms with Gasteiger partial charge in [-0.15, -0.1) is 24.0 Å². The number of hydrogen-bond acceptors (Lipinski definition) is 5. The van der Waals surface area contributed by atoms with Crippen molar-refractivity contribution in [2.24, 2.45) is 4.99 Å². The van der Waals surface area contributed by atoms with Crippen molar-refractivity contribution in [3.05, 3.63) is 54.1 Å². The lowest BCUT2D eigenvalue weighted by Crippen LogP contribution is -2.52. The number of phenols is 1. The number of guanidine groups is 1. The molecule has 2 aromatic rings. The Morgan fingerprint density at radius 2 is 1.75 bits per heavy atom. The maximum Gasteiger partial charge on any atom is 0.194 e. The van der Waals surface area contributed by atoms with Crippen LogP contribution in [0.2, 0.25) is 0 Å². The summed E-state index contributed by atoms with van der Waals surface area (Å²) in [4.78, 5) is 11.7. The second kappa shape index (κ2) is 12.7. The average molecular weight is 553 g/mol. The predicted octanol–water partition coefficient (Wildman–Crippen LogP) is 3.41. The third-order valence-electron chi connectivity index (χ3n) is 5.67. The van der Waals surface area contributed by atoms with Gasteiger partial charge in [0.25, 0.3) is 0 Å². The van der Waals surface area contributed by atoms with E-state index in [1.807, 2.05) is 30.3 Å². The summed E-state index contributed by atoms with van der Waals surface area (Å²) in [6, 6.07) is 15.9. The van der Waals surface area contributed by atoms with Gasteiger partial charge in [-0.25, -0.2) is 0 Å². The first-order valence-electron chi connectivity index (χ1n) is 10.9. The van der Waals surface area contributed by atoms with Crippen LogP contribution in [-0.4, -0.2) is 81.3 Å². The molecule has 8 heteroatoms. The number of likely N-dealkylation sites (N-methyl/N-ethyl adjacent to an activating group) is 1. The minimum Gasteiger partial charge on any atom is -0.506 e. The van der Waals surface area contributed by atoms with Gasteiger partial charge in [-0.2, -0.15) is 0 Å². The molecule has 0 amide bonds. The van der Waals surface area contributed by atoms with Gasteiger partial charge in [-0.1, -0.05) is 24.3 Å². The molecule has 1 aliphatic rings. The maximum absolute atomic E-state index is 10.2. The van der Waals surface area contributed by atoms with Gasteiger partial charge in [0.2, 0.25) is 0 Å². The van der Waals surface area contributed by atoms with Crippen LogP contribution in [0.3, 0.4) is 0 Å². The Labute approximate surface area is 209 Å². The van der Waals surface area contributed by atoms with Gasteiger partial charge >= 0.3 is 0 Å². The lowest BCUT2D eigenvalue weighted by atomic mass is 10.1. The highest BCUT2D eigenvalue weighted by atomic mass is 127. The van der Waals surface area contributed by atoms with Crippen LogP contribution in [0.4, 0.5) is 5.69 Å². The first-order valence-corrected chi connectivity index (χ1v) is 10.9. The standard InChI is InChI=1S/C24H35N5O2.HI/c1-5-25-24(26-18-22(27(2)3)19-10-12-20(31-4)13-11-19)29-16-14-28(15-17-29)21-8-6-7-9-23(21)30;/h6-13,22,30H,5,14-18H2,1-4H3,(H,25,26);1H. The number of ether oxygens (including phenoxy) is 1. The first kappa shape index (κ1) is 26.1. The summed E-state index contributed by atoms with van der Waals surface area (Å²) in [6.45, 7) is 7.00. The molecule has 1 heterocycles. The number of phenolic OH excluding ortho intramolecular Hbond substituents is 1. The molecular weight excluding hydrogens is 517 g/mol. The molecular formula is C24H36IN5O2. The summed E-state index contributed by atoms with van der Waals surface area (Å²) >= 11 is 0. The Kier molecular flexibility index (Phi) is 10.4. The van der Waals surface area contributed by atoms with Gasteiger partial charge in [0.05, 0.1) is 25.4 Å². The SMILES string of the molecule is CCNC(=NCC(c1ccc(OC)cc1)N(C)C)N1CCN(c2ccccc2O)CC1.I. The molecule has 0 bridgehead atoms. The molecule has 0 saturated carbocycles. The Bertz CT molecular complexity index is 852. The molecule has 0 radical (unpaired) electrons. The topological polar surface area (TPSA) is 63.6 Å². The van der Waals surface area contributed by atoms with Crippen LogP contribution in [0.15, 0.2) is 53.5 Å². The van der Waals surface area contributed by atoms with Crippen molar-refractivity contribution in [3.8, 4) is 11.5 Å². The van der Waals surface area contributed by atoms with Crippen LogP contribution in [0.5, 0.6) is 11.5 Å². The van der Waals surface area contributed by atoms with E-state index < -0.39 is 0 Å². The number of halogens is 1. The summed E-state index contributed by atoms with van der Waals surface area (Å²) in [5.41, 5.74) is 2.12. The molecule has 2 N–H and O–H groups in total. The number of hydrogen-bond donors (Lipinski definition) is 2. The fraction of sp³-hybridized carbons (Fsp3) is 0.458. The summed E-state index contributed by atoms with van der Waals surface area (Å²) in [6.07, 6.45) is 0. The predicted molar refractivity (Wildman–Crippen MR) is 143 cm³/mol. The van der Waals surface area contributed by atoms with Crippen LogP contribution in [0.25, 0.3) is 0 Å². The third kappa shape index (κ3) is 6.65. The molecule has 1 unspecified atom stereocenters. The lowest BCUT2D eigenvalue weighted by Gasteiger charge is -2.38. The van der Waals surface area contributed by atoms with E-state index in [1.165, 1.54) is 5.56 Å². The summed E-state index contributed by atoms with van der Waals surface area (Å²) in [7, 11) is 5.86. The molecule has 1 atom stereocenters. The van der Waals surface area contributed by atoms with Crippen molar-refractivity contribution >= 4 is 35.6 Å². The first-order chi connectivity index (χ1) is 15.0. The number of aromatic hydroxyl groups is 1. The number of anilines is 1. The number of nitrogens with one attached hydrogen (secondary N) is 1. The number of piperazine rings is 1. The van der Waals surface area contributed by atoms with Crippen molar-refractivity contribution in [2.75, 3.05) is 65.4 Å². The lowest BCUT2D eigenvalue weighted by molar-refractivity contribution is 0.303. The minimum atomic E-state index is 0. The summed E-state index contributed by atoms with van der Waals surface area (Å²) in [5.74, 6) is 2.14. The number of benzene rings is 2. The molecule has 0 spiro atoms. The molecule has 1 fully saturated rings. The summed E-state index contributed by atoms with van der Waals surface area (Å²) in [5, 5.41) is 13.6. The highest BCUT2D eigenvalue weighted by molar-refractivity contribution is 14.0. The Morgan fingerprint density at radius 3 is 2.31 bits per heavy atom. The molecule has 176 valence electrons. The fourth-order valence-corrected chi connectivity index (χ4v) is 3.88. The number of para-hydroxylation sites is 2. The number of aliphatic imine (C=N–C) groups is 1. The van der Waals surface area contributed by atoms with Crippen LogP contribution < -0.4 is 15.0 Å². The Hall–Kier alpha value is -2.20. The van der Waals surface area contributed by atoms with Crippen LogP contribution in [0.1, 0.15) is 18.5 Å². The van der Waals surface area contributed by atoms with Gasteiger partial charge in [-0.3, -0.25) is 4.99 Å². The second-order valence-electron chi connectivity index (χ2n) is 7.91. The molecule has 7 nitrogen and oxygen atoms in total. The van der Waals surface area contributed by atoms with E-state index in [-0.39, 0.29) is 30.0 Å². The van der Waals surface area contributed by atoms with Crippen molar-refractivity contribution < 1.29 is 9.84 Å². The minimum absolute atomic E-state index is 0. The second-order valence-corrected chi connectivity index (χ2v) is 7.91. The smallest absolute Gasteiger partial charge is 0.194 e. The zero-order valence-electron chi connectivity index (χ0n) is 19.5. The zero-order chi connectivity index (χ0) is 22.2. The van der Waals surface area contributed by atoms with E-state index in [1.54, 1.807) is 13.2 Å². The molecule has 1 saturated heterocycles. The third-order valence-corrected chi connectivity index (χ3v) is 5.67. The average Bonchev–Trinajstić information content (AvgIpc) is 2.79. The Morgan fingerprint density at radius 1 is 1.09 bits per heavy atom. The Balaban J connectivity index is 0.00000363. The highest BCUT2D eigenvalue weighted by Gasteiger charge is 2.22. The van der Waals surface area contributed by atoms with E-state index in [0.717, 1.165) is 50.1 Å². The van der Waals surface area contributed by atoms with Gasteiger partial charge in [0.1, 0.15) is 11.5 Å². The normalized spacial score (nSPS) is 15.3. The zero-order valence-corrected chi connectivity index (χ0v) is 21.8. The monoisotopic (exact) mass is 553 g/mol. The van der Waals surface area contributed by atoms with E-state index >= 15 is 0 Å². The fourth-order valence-electron chi connectivity index (χ4n) is 3.88. The van der Waals surface area contributed by atoms with E-state index in [4.69, 9.17) is 9.73 Å². The van der Waals surface area contributed by atoms with E-state index in [2.05, 4.69) is 53.2 Å². The van der Waals surface area contributed by atoms with Crippen molar-refractivity contribution in [3.63, 3.8) is 0 Å². The van der Waals surface area contributed by atoms with Gasteiger partial charge in [0.15, 0.2) is 5.96 Å². The van der Waals surface area contributed by atoms with E-state index in [9.17, 15) is 5.11 Å². The molecule has 2 aromatic carbocycles. The molecule has 32 heavy (non-hydrogen) atoms. The largest absolute Gasteiger partial charge is 0.506 e. The summed E-state index contributed by atoms with van der Waals surface area (Å²) < 4.78 is 5.29. The quantitative estimate of drug-likeness (QED) is 0.312. The number of methoxy groups -OCH3 is 1. The van der Waals surface area contributed by atoms with Crippen LogP contribution in [0, 0.1) is 0 Å². The van der Waals surface area contributed by atoms with Gasteiger partial charge < -0.3 is 29.9 Å². The van der Waals surface area contributed by atoms with Crippen LogP contribution >= 0.6 is 24.0 Å². The highest BCUT2D eigenvalue weighted by Crippen LogP contribution is 2.27. The number of nitrogens with zero attached hydrogens (tertiary/aromatic N) is 4. The van der Waals surface area contributed by atoms with Crippen molar-refractivity contribution in [2.45, 2.75) is 13.0 Å². The number of rotatable bonds is 7. The molecule has 0 aliphatic carbocycles. The van der Waals surface area contributed by atoms with Gasteiger partial charge in [-0.05, 0) is 50.8 Å². The van der Waals surface area contributed by atoms with Crippen LogP contribution in [-0.2, 0) is 0 Å². The maximum atomic E-state index is 10.2. The molecule has 1 aliphatic heterocycles. The van der Waals surface area contributed by atoms with Gasteiger partial charge in [0, 0.05) is 32.7 Å². The van der Waals surface area contributed by atoms with Crippen molar-refractivity contribution in [1.82, 2.24) is 15.1 Å². The van der Waals surface area contributed by atoms with E-state index in [0.29, 0.717) is 12.3 Å². The molecule has 0 aromatic heterocycles. The van der Waals surface area contributed by atoms with Crippen molar-refractivity contribution in [1.29, 1.82) is 0 Å². The molecule has 3 rings (SSSR count).